The lowest BCUT2D eigenvalue weighted by Gasteiger charge is -2.06. The molecule has 0 bridgehead atoms. The molecule has 2 aromatic carbocycles. The maximum Gasteiger partial charge on any atom is 0.277 e. The Morgan fingerprint density at radius 2 is 1.82 bits per heavy atom. The van der Waals surface area contributed by atoms with Crippen molar-refractivity contribution in [1.82, 2.24) is 5.43 Å². The summed E-state index contributed by atoms with van der Waals surface area (Å²) in [5.41, 5.74) is 10.3. The van der Waals surface area contributed by atoms with Crippen LogP contribution in [0.1, 0.15) is 12.5 Å². The second kappa shape index (κ2) is 7.47. The maximum atomic E-state index is 11.7. The van der Waals surface area contributed by atoms with Gasteiger partial charge in [0.2, 0.25) is 0 Å². The molecule has 0 aliphatic rings. The van der Waals surface area contributed by atoms with Crippen LogP contribution in [0.4, 0.5) is 5.69 Å². The molecule has 0 radical (unpaired) electrons. The average molecular weight is 318 g/mol. The van der Waals surface area contributed by atoms with Crippen LogP contribution < -0.4 is 15.9 Å². The number of nitrogens with zero attached hydrogens (tertiary/aromatic N) is 1. The first-order chi connectivity index (χ1) is 10.5. The summed E-state index contributed by atoms with van der Waals surface area (Å²) >= 11 is 5.77. The molecule has 0 aliphatic heterocycles. The lowest BCUT2D eigenvalue weighted by atomic mass is 10.1. The van der Waals surface area contributed by atoms with Gasteiger partial charge in [-0.15, -0.1) is 0 Å². The summed E-state index contributed by atoms with van der Waals surface area (Å²) in [7, 11) is 0. The highest BCUT2D eigenvalue weighted by Gasteiger charge is 2.03. The summed E-state index contributed by atoms with van der Waals surface area (Å²) in [5.74, 6) is 0.225. The number of anilines is 1. The topological polar surface area (TPSA) is 76.7 Å². The van der Waals surface area contributed by atoms with Gasteiger partial charge >= 0.3 is 0 Å². The zero-order chi connectivity index (χ0) is 15.9. The Morgan fingerprint density at radius 3 is 2.45 bits per heavy atom. The molecule has 0 aliphatic carbocycles. The number of hydrogen-bond donors (Lipinski definition) is 2. The number of hydrazone groups is 1. The molecule has 0 aromatic heterocycles. The minimum Gasteiger partial charge on any atom is -0.484 e. The summed E-state index contributed by atoms with van der Waals surface area (Å²) in [6.45, 7) is 1.67. The minimum absolute atomic E-state index is 0.125. The molecule has 2 aromatic rings. The van der Waals surface area contributed by atoms with Crippen LogP contribution in [-0.2, 0) is 4.79 Å². The average Bonchev–Trinajstić information content (AvgIpc) is 2.52. The Labute approximate surface area is 133 Å². The molecule has 2 rings (SSSR count). The monoisotopic (exact) mass is 317 g/mol. The van der Waals surface area contributed by atoms with E-state index in [4.69, 9.17) is 22.1 Å². The number of nitrogens with two attached hydrogens (primary N) is 1. The molecule has 0 heterocycles. The van der Waals surface area contributed by atoms with Crippen molar-refractivity contribution in [2.75, 3.05) is 12.3 Å². The van der Waals surface area contributed by atoms with Gasteiger partial charge in [-0.05, 0) is 48.9 Å². The lowest BCUT2D eigenvalue weighted by molar-refractivity contribution is -0.123. The first-order valence-electron chi connectivity index (χ1n) is 6.62. The molecule has 5 nitrogen and oxygen atoms in total. The van der Waals surface area contributed by atoms with Gasteiger partial charge in [-0.1, -0.05) is 23.7 Å². The SMILES string of the molecule is C/C(=N/NC(=O)COc1ccc(Cl)cc1)c1ccc(N)cc1. The Bertz CT molecular complexity index is 667. The number of ether oxygens (including phenoxy) is 1. The first-order valence-corrected chi connectivity index (χ1v) is 7.00. The van der Waals surface area contributed by atoms with Crippen molar-refractivity contribution in [3.63, 3.8) is 0 Å². The third kappa shape index (κ3) is 4.79. The lowest BCUT2D eigenvalue weighted by Crippen LogP contribution is -2.25. The van der Waals surface area contributed by atoms with Gasteiger partial charge in [-0.25, -0.2) is 5.43 Å². The predicted molar refractivity (Wildman–Crippen MR) is 88.2 cm³/mol. The standard InChI is InChI=1S/C16H16ClN3O2/c1-11(12-2-6-14(18)7-3-12)19-20-16(21)10-22-15-8-4-13(17)5-9-15/h2-9H,10,18H2,1H3,(H,20,21)/b19-11-. The highest BCUT2D eigenvalue weighted by atomic mass is 35.5. The Hall–Kier alpha value is -2.53. The number of nitrogen functional groups attached to an aromatic ring is 1. The van der Waals surface area contributed by atoms with Crippen molar-refractivity contribution in [1.29, 1.82) is 0 Å². The molecule has 0 saturated heterocycles. The van der Waals surface area contributed by atoms with Crippen molar-refractivity contribution < 1.29 is 9.53 Å². The van der Waals surface area contributed by atoms with Crippen LogP contribution in [0.5, 0.6) is 5.75 Å². The fraction of sp³-hybridized carbons (Fsp3) is 0.125. The van der Waals surface area contributed by atoms with Crippen molar-refractivity contribution in [2.24, 2.45) is 5.10 Å². The summed E-state index contributed by atoms with van der Waals surface area (Å²) in [6, 6.07) is 14.0. The van der Waals surface area contributed by atoms with Crippen LogP contribution in [0.25, 0.3) is 0 Å². The van der Waals surface area contributed by atoms with E-state index >= 15 is 0 Å². The number of rotatable bonds is 5. The Balaban J connectivity index is 1.85. The zero-order valence-corrected chi connectivity index (χ0v) is 12.8. The first kappa shape index (κ1) is 15.9. The highest BCUT2D eigenvalue weighted by Crippen LogP contribution is 2.15. The predicted octanol–water partition coefficient (Wildman–Crippen LogP) is 2.84. The van der Waals surface area contributed by atoms with Gasteiger partial charge in [0.25, 0.3) is 5.91 Å². The second-order valence-corrected chi connectivity index (χ2v) is 5.03. The number of carbonyl (C=O) groups excluding carboxylic acids is 1. The smallest absolute Gasteiger partial charge is 0.277 e. The largest absolute Gasteiger partial charge is 0.484 e. The van der Waals surface area contributed by atoms with E-state index in [0.29, 0.717) is 22.2 Å². The maximum absolute atomic E-state index is 11.7. The van der Waals surface area contributed by atoms with E-state index in [2.05, 4.69) is 10.5 Å². The minimum atomic E-state index is -0.343. The molecule has 114 valence electrons. The van der Waals surface area contributed by atoms with Gasteiger partial charge in [0.1, 0.15) is 5.75 Å². The number of benzene rings is 2. The molecular weight excluding hydrogens is 302 g/mol. The van der Waals surface area contributed by atoms with Gasteiger partial charge < -0.3 is 10.5 Å². The number of amides is 1. The van der Waals surface area contributed by atoms with Crippen LogP contribution in [0.3, 0.4) is 0 Å². The Kier molecular flexibility index (Phi) is 5.38. The van der Waals surface area contributed by atoms with Crippen molar-refractivity contribution in [2.45, 2.75) is 6.92 Å². The molecule has 22 heavy (non-hydrogen) atoms. The summed E-state index contributed by atoms with van der Waals surface area (Å²) in [4.78, 5) is 11.7. The fourth-order valence-corrected chi connectivity index (χ4v) is 1.77. The van der Waals surface area contributed by atoms with E-state index < -0.39 is 0 Å². The molecule has 0 fully saturated rings. The zero-order valence-electron chi connectivity index (χ0n) is 12.0. The van der Waals surface area contributed by atoms with Crippen LogP contribution >= 0.6 is 11.6 Å². The summed E-state index contributed by atoms with van der Waals surface area (Å²) in [5, 5.41) is 4.64. The summed E-state index contributed by atoms with van der Waals surface area (Å²) < 4.78 is 5.32. The van der Waals surface area contributed by atoms with Crippen LogP contribution in [0.2, 0.25) is 5.02 Å². The third-order valence-corrected chi connectivity index (χ3v) is 3.11. The van der Waals surface area contributed by atoms with Crippen LogP contribution in [0.15, 0.2) is 53.6 Å². The van der Waals surface area contributed by atoms with E-state index in [1.807, 2.05) is 12.1 Å². The van der Waals surface area contributed by atoms with E-state index in [1.54, 1.807) is 43.3 Å². The summed E-state index contributed by atoms with van der Waals surface area (Å²) in [6.07, 6.45) is 0. The number of hydrogen-bond acceptors (Lipinski definition) is 4. The number of nitrogens with one attached hydrogen (secondary N) is 1. The number of carbonyl (C=O) groups is 1. The van der Waals surface area contributed by atoms with Gasteiger partial charge in [0.15, 0.2) is 6.61 Å². The molecule has 0 atom stereocenters. The molecule has 0 spiro atoms. The van der Waals surface area contributed by atoms with E-state index in [9.17, 15) is 4.79 Å². The van der Waals surface area contributed by atoms with Crippen molar-refractivity contribution in [3.05, 3.63) is 59.1 Å². The molecule has 6 heteroatoms. The molecular formula is C16H16ClN3O2. The molecule has 0 unspecified atom stereocenters. The van der Waals surface area contributed by atoms with Gasteiger partial charge in [-0.3, -0.25) is 4.79 Å². The normalized spacial score (nSPS) is 11.1. The second-order valence-electron chi connectivity index (χ2n) is 4.60. The van der Waals surface area contributed by atoms with Gasteiger partial charge in [0, 0.05) is 10.7 Å². The van der Waals surface area contributed by atoms with Crippen molar-refractivity contribution >= 4 is 28.9 Å². The van der Waals surface area contributed by atoms with E-state index in [0.717, 1.165) is 5.56 Å². The van der Waals surface area contributed by atoms with Gasteiger partial charge in [-0.2, -0.15) is 5.10 Å². The fourth-order valence-electron chi connectivity index (χ4n) is 1.65. The quantitative estimate of drug-likeness (QED) is 0.506. The Morgan fingerprint density at radius 1 is 1.18 bits per heavy atom. The molecule has 3 N–H and O–H groups in total. The van der Waals surface area contributed by atoms with Gasteiger partial charge in [0.05, 0.1) is 5.71 Å². The highest BCUT2D eigenvalue weighted by molar-refractivity contribution is 6.30. The third-order valence-electron chi connectivity index (χ3n) is 2.86. The number of halogens is 1. The van der Waals surface area contributed by atoms with Crippen LogP contribution in [-0.4, -0.2) is 18.2 Å². The van der Waals surface area contributed by atoms with E-state index in [-0.39, 0.29) is 12.5 Å². The molecule has 1 amide bonds. The van der Waals surface area contributed by atoms with Crippen molar-refractivity contribution in [3.8, 4) is 5.75 Å². The molecule has 0 saturated carbocycles. The van der Waals surface area contributed by atoms with E-state index in [1.165, 1.54) is 0 Å². The van der Waals surface area contributed by atoms with Crippen LogP contribution in [0, 0.1) is 0 Å².